The molecule has 1 aromatic rings. The Morgan fingerprint density at radius 1 is 1.45 bits per heavy atom. The van der Waals surface area contributed by atoms with Crippen molar-refractivity contribution in [3.8, 4) is 0 Å². The Morgan fingerprint density at radius 2 is 2.00 bits per heavy atom. The number of rotatable bonds is 5. The average molecular weight is 304 g/mol. The first-order valence-electron chi connectivity index (χ1n) is 6.28. The summed E-state index contributed by atoms with van der Waals surface area (Å²) in [4.78, 5) is -0.0375. The molecule has 0 bridgehead atoms. The molecule has 7 heteroatoms. The molecular formula is C13H21FN2O3S. The van der Waals surface area contributed by atoms with Gasteiger partial charge < -0.3 is 10.8 Å². The molecule has 1 rings (SSSR count). The third kappa shape index (κ3) is 3.11. The first-order valence-corrected chi connectivity index (χ1v) is 7.76. The van der Waals surface area contributed by atoms with Crippen molar-refractivity contribution >= 4 is 15.7 Å². The fourth-order valence-electron chi connectivity index (χ4n) is 1.94. The zero-order valence-electron chi connectivity index (χ0n) is 12.1. The summed E-state index contributed by atoms with van der Waals surface area (Å²) in [7, 11) is -3.90. The molecule has 0 heterocycles. The molecule has 0 aliphatic carbocycles. The Hall–Kier alpha value is -1.18. The number of aliphatic hydroxyl groups excluding tert-OH is 1. The Kier molecular flexibility index (Phi) is 4.78. The Balaban J connectivity index is 3.41. The van der Waals surface area contributed by atoms with Crippen molar-refractivity contribution in [3.05, 3.63) is 23.0 Å². The van der Waals surface area contributed by atoms with Gasteiger partial charge in [0.2, 0.25) is 10.0 Å². The molecule has 0 aromatic heterocycles. The van der Waals surface area contributed by atoms with Crippen LogP contribution < -0.4 is 10.5 Å². The average Bonchev–Trinajstić information content (AvgIpc) is 2.35. The number of benzene rings is 1. The lowest BCUT2D eigenvalue weighted by Gasteiger charge is -2.27. The van der Waals surface area contributed by atoms with Crippen LogP contribution in [0.1, 0.15) is 31.4 Å². The highest BCUT2D eigenvalue weighted by Gasteiger charge is 2.31. The van der Waals surface area contributed by atoms with E-state index in [1.54, 1.807) is 13.8 Å². The molecule has 0 radical (unpaired) electrons. The van der Waals surface area contributed by atoms with Gasteiger partial charge >= 0.3 is 0 Å². The monoisotopic (exact) mass is 304 g/mol. The number of nitrogens with one attached hydrogen (secondary N) is 1. The van der Waals surface area contributed by atoms with E-state index in [4.69, 9.17) is 5.73 Å². The number of aryl methyl sites for hydroxylation is 1. The lowest BCUT2D eigenvalue weighted by Crippen LogP contribution is -2.48. The number of hydrogen-bond donors (Lipinski definition) is 3. The summed E-state index contributed by atoms with van der Waals surface area (Å²) >= 11 is 0. The van der Waals surface area contributed by atoms with E-state index in [-0.39, 0.29) is 28.3 Å². The second-order valence-corrected chi connectivity index (χ2v) is 6.84. The van der Waals surface area contributed by atoms with E-state index in [1.165, 1.54) is 13.8 Å². The minimum absolute atomic E-state index is 0.0375. The van der Waals surface area contributed by atoms with E-state index in [0.29, 0.717) is 6.42 Å². The van der Waals surface area contributed by atoms with Crippen molar-refractivity contribution in [1.82, 2.24) is 4.72 Å². The lowest BCUT2D eigenvalue weighted by molar-refractivity contribution is 0.191. The molecule has 5 nitrogen and oxygen atoms in total. The molecule has 0 amide bonds. The maximum absolute atomic E-state index is 13.5. The standard InChI is InChI=1S/C13H21FN2O3S/c1-5-13(4,7-17)16-20(18,19)12-8(2)6-10(14)11(15)9(12)3/h6,16-17H,5,7,15H2,1-4H3. The van der Waals surface area contributed by atoms with Crippen molar-refractivity contribution < 1.29 is 17.9 Å². The van der Waals surface area contributed by atoms with Crippen LogP contribution in [-0.4, -0.2) is 25.7 Å². The smallest absolute Gasteiger partial charge is 0.241 e. The predicted octanol–water partition coefficient (Wildman–Crippen LogP) is 1.46. The van der Waals surface area contributed by atoms with Crippen molar-refractivity contribution in [3.63, 3.8) is 0 Å². The largest absolute Gasteiger partial charge is 0.396 e. The van der Waals surface area contributed by atoms with Crippen LogP contribution in [0, 0.1) is 19.7 Å². The normalized spacial score (nSPS) is 15.1. The van der Waals surface area contributed by atoms with Gasteiger partial charge in [-0.25, -0.2) is 17.5 Å². The molecular weight excluding hydrogens is 283 g/mol. The van der Waals surface area contributed by atoms with E-state index in [9.17, 15) is 17.9 Å². The molecule has 1 unspecified atom stereocenters. The summed E-state index contributed by atoms with van der Waals surface area (Å²) in [5.41, 5.74) is 4.86. The Labute approximate surface area is 119 Å². The summed E-state index contributed by atoms with van der Waals surface area (Å²) in [5, 5.41) is 9.32. The Morgan fingerprint density at radius 3 is 2.45 bits per heavy atom. The van der Waals surface area contributed by atoms with E-state index < -0.39 is 21.4 Å². The molecule has 0 aliphatic rings. The second kappa shape index (κ2) is 5.67. The molecule has 0 spiro atoms. The summed E-state index contributed by atoms with van der Waals surface area (Å²) in [5.74, 6) is -0.639. The van der Waals surface area contributed by atoms with Crippen LogP contribution in [0.25, 0.3) is 0 Å². The molecule has 1 atom stereocenters. The van der Waals surface area contributed by atoms with E-state index >= 15 is 0 Å². The van der Waals surface area contributed by atoms with Gasteiger partial charge in [0.25, 0.3) is 0 Å². The van der Waals surface area contributed by atoms with E-state index in [2.05, 4.69) is 4.72 Å². The van der Waals surface area contributed by atoms with Gasteiger partial charge in [-0.1, -0.05) is 6.92 Å². The van der Waals surface area contributed by atoms with Crippen molar-refractivity contribution in [2.24, 2.45) is 0 Å². The molecule has 0 saturated heterocycles. The first-order chi connectivity index (χ1) is 9.08. The molecule has 0 fully saturated rings. The number of nitrogen functional groups attached to an aromatic ring is 1. The number of hydrogen-bond acceptors (Lipinski definition) is 4. The zero-order valence-corrected chi connectivity index (χ0v) is 12.9. The Bertz CT molecular complexity index is 611. The van der Waals surface area contributed by atoms with Gasteiger partial charge in [0.15, 0.2) is 0 Å². The summed E-state index contributed by atoms with van der Waals surface area (Å²) in [6, 6.07) is 1.10. The highest BCUT2D eigenvalue weighted by atomic mass is 32.2. The maximum Gasteiger partial charge on any atom is 0.241 e. The van der Waals surface area contributed by atoms with Crippen molar-refractivity contribution in [1.29, 1.82) is 0 Å². The fourth-order valence-corrected chi connectivity index (χ4v) is 3.89. The topological polar surface area (TPSA) is 92.4 Å². The third-order valence-corrected chi connectivity index (χ3v) is 5.41. The first kappa shape index (κ1) is 16.9. The van der Waals surface area contributed by atoms with Gasteiger partial charge in [-0.15, -0.1) is 0 Å². The lowest BCUT2D eigenvalue weighted by atomic mass is 10.0. The SMILES string of the molecule is CCC(C)(CO)NS(=O)(=O)c1c(C)cc(F)c(N)c1C. The minimum atomic E-state index is -3.90. The van der Waals surface area contributed by atoms with Crippen LogP contribution in [-0.2, 0) is 10.0 Å². The van der Waals surface area contributed by atoms with Gasteiger partial charge in [0.05, 0.1) is 22.7 Å². The molecule has 1 aromatic carbocycles. The van der Waals surface area contributed by atoms with E-state index in [1.807, 2.05) is 0 Å². The summed E-state index contributed by atoms with van der Waals surface area (Å²) in [6.45, 7) is 5.99. The van der Waals surface area contributed by atoms with Crippen LogP contribution in [0.3, 0.4) is 0 Å². The zero-order chi connectivity index (χ0) is 15.7. The highest BCUT2D eigenvalue weighted by Crippen LogP contribution is 2.28. The number of halogens is 1. The number of sulfonamides is 1. The number of aliphatic hydroxyl groups is 1. The molecule has 20 heavy (non-hydrogen) atoms. The quantitative estimate of drug-likeness (QED) is 0.718. The van der Waals surface area contributed by atoms with Crippen LogP contribution in [0.4, 0.5) is 10.1 Å². The van der Waals surface area contributed by atoms with Gasteiger partial charge in [0.1, 0.15) is 5.82 Å². The van der Waals surface area contributed by atoms with Gasteiger partial charge in [-0.2, -0.15) is 0 Å². The van der Waals surface area contributed by atoms with Crippen LogP contribution in [0.15, 0.2) is 11.0 Å². The van der Waals surface area contributed by atoms with Gasteiger partial charge in [-0.3, -0.25) is 0 Å². The van der Waals surface area contributed by atoms with Crippen molar-refractivity contribution in [2.75, 3.05) is 12.3 Å². The van der Waals surface area contributed by atoms with E-state index in [0.717, 1.165) is 6.07 Å². The minimum Gasteiger partial charge on any atom is -0.396 e. The van der Waals surface area contributed by atoms with Crippen LogP contribution in [0.2, 0.25) is 0 Å². The number of nitrogens with two attached hydrogens (primary N) is 1. The fraction of sp³-hybridized carbons (Fsp3) is 0.538. The number of anilines is 1. The predicted molar refractivity (Wildman–Crippen MR) is 76.4 cm³/mol. The molecule has 114 valence electrons. The van der Waals surface area contributed by atoms with Crippen LogP contribution in [0.5, 0.6) is 0 Å². The van der Waals surface area contributed by atoms with Crippen molar-refractivity contribution in [2.45, 2.75) is 44.6 Å². The van der Waals surface area contributed by atoms with Gasteiger partial charge in [-0.05, 0) is 44.4 Å². The molecule has 0 aliphatic heterocycles. The molecule has 4 N–H and O–H groups in total. The summed E-state index contributed by atoms with van der Waals surface area (Å²) < 4.78 is 40.9. The highest BCUT2D eigenvalue weighted by molar-refractivity contribution is 7.89. The maximum atomic E-state index is 13.5. The summed E-state index contributed by atoms with van der Waals surface area (Å²) in [6.07, 6.45) is 0.414. The van der Waals surface area contributed by atoms with Crippen LogP contribution >= 0.6 is 0 Å². The second-order valence-electron chi connectivity index (χ2n) is 5.22. The third-order valence-electron chi connectivity index (χ3n) is 3.48. The van der Waals surface area contributed by atoms with Gasteiger partial charge in [0, 0.05) is 0 Å². The molecule has 0 saturated carbocycles.